The molecule has 0 saturated carbocycles. The average Bonchev–Trinajstić information content (AvgIpc) is 3.03. The van der Waals surface area contributed by atoms with Crippen LogP contribution in [0.2, 0.25) is 0 Å². The molecule has 9 heteroatoms. The molecule has 2 aromatic carbocycles. The van der Waals surface area contributed by atoms with Gasteiger partial charge in [0.25, 0.3) is 5.69 Å². The Kier molecular flexibility index (Phi) is 4.78. The predicted octanol–water partition coefficient (Wildman–Crippen LogP) is 3.51. The number of nitro benzene ring substituents is 1. The van der Waals surface area contributed by atoms with Crippen molar-refractivity contribution in [1.82, 2.24) is 14.5 Å². The van der Waals surface area contributed by atoms with Gasteiger partial charge < -0.3 is 9.47 Å². The van der Waals surface area contributed by atoms with Crippen molar-refractivity contribution in [2.45, 2.75) is 13.3 Å². The van der Waals surface area contributed by atoms with E-state index in [0.717, 1.165) is 22.2 Å². The number of esters is 1. The molecule has 0 aliphatic heterocycles. The lowest BCUT2D eigenvalue weighted by Gasteiger charge is -2.11. The Morgan fingerprint density at radius 3 is 2.63 bits per heavy atom. The third kappa shape index (κ3) is 3.10. The molecular weight excluding hydrogens is 388 g/mol. The summed E-state index contributed by atoms with van der Waals surface area (Å²) >= 11 is 0. The monoisotopic (exact) mass is 406 g/mol. The highest BCUT2D eigenvalue weighted by molar-refractivity contribution is 5.95. The van der Waals surface area contributed by atoms with E-state index in [1.807, 2.05) is 29.7 Å². The molecule has 0 bridgehead atoms. The van der Waals surface area contributed by atoms with E-state index in [4.69, 9.17) is 9.47 Å². The van der Waals surface area contributed by atoms with Gasteiger partial charge in [-0.3, -0.25) is 19.5 Å². The topological polar surface area (TPSA) is 109 Å². The summed E-state index contributed by atoms with van der Waals surface area (Å²) in [5.41, 5.74) is 2.84. The van der Waals surface area contributed by atoms with Gasteiger partial charge in [0.15, 0.2) is 0 Å². The maximum Gasteiger partial charge on any atom is 0.310 e. The second-order valence-electron chi connectivity index (χ2n) is 6.69. The van der Waals surface area contributed by atoms with Gasteiger partial charge in [-0.1, -0.05) is 0 Å². The molecule has 0 spiro atoms. The number of nitro groups is 1. The summed E-state index contributed by atoms with van der Waals surface area (Å²) < 4.78 is 12.1. The normalized spacial score (nSPS) is 11.0. The summed E-state index contributed by atoms with van der Waals surface area (Å²) in [7, 11) is 2.93. The van der Waals surface area contributed by atoms with Crippen molar-refractivity contribution in [3.63, 3.8) is 0 Å². The van der Waals surface area contributed by atoms with E-state index in [2.05, 4.69) is 9.97 Å². The zero-order valence-corrected chi connectivity index (χ0v) is 16.6. The van der Waals surface area contributed by atoms with Crippen molar-refractivity contribution in [2.24, 2.45) is 0 Å². The summed E-state index contributed by atoms with van der Waals surface area (Å²) in [5.74, 6) is 0.871. The number of fused-ring (bicyclic) bond motifs is 2. The Morgan fingerprint density at radius 2 is 1.93 bits per heavy atom. The molecule has 2 aromatic heterocycles. The molecule has 0 atom stereocenters. The maximum absolute atomic E-state index is 12.0. The van der Waals surface area contributed by atoms with Crippen molar-refractivity contribution < 1.29 is 19.2 Å². The molecule has 30 heavy (non-hydrogen) atoms. The van der Waals surface area contributed by atoms with E-state index in [-0.39, 0.29) is 18.1 Å². The van der Waals surface area contributed by atoms with Crippen molar-refractivity contribution in [1.29, 1.82) is 0 Å². The van der Waals surface area contributed by atoms with Crippen LogP contribution >= 0.6 is 0 Å². The van der Waals surface area contributed by atoms with E-state index in [1.165, 1.54) is 25.6 Å². The highest BCUT2D eigenvalue weighted by atomic mass is 16.6. The largest absolute Gasteiger partial charge is 0.497 e. The average molecular weight is 406 g/mol. The Bertz CT molecular complexity index is 1310. The van der Waals surface area contributed by atoms with E-state index in [9.17, 15) is 14.9 Å². The summed E-state index contributed by atoms with van der Waals surface area (Å²) in [5, 5.41) is 12.6. The van der Waals surface area contributed by atoms with Crippen molar-refractivity contribution >= 4 is 33.5 Å². The lowest BCUT2D eigenvalue weighted by atomic mass is 10.1. The second-order valence-corrected chi connectivity index (χ2v) is 6.69. The van der Waals surface area contributed by atoms with Gasteiger partial charge in [0.2, 0.25) is 0 Å². The van der Waals surface area contributed by atoms with Crippen LogP contribution in [-0.4, -0.2) is 39.6 Å². The van der Waals surface area contributed by atoms with Gasteiger partial charge in [0.05, 0.1) is 36.6 Å². The van der Waals surface area contributed by atoms with Crippen LogP contribution in [0.25, 0.3) is 27.6 Å². The molecule has 0 N–H and O–H groups in total. The van der Waals surface area contributed by atoms with Gasteiger partial charge in [-0.15, -0.1) is 0 Å². The van der Waals surface area contributed by atoms with Crippen LogP contribution in [-0.2, 0) is 16.0 Å². The third-order valence-electron chi connectivity index (χ3n) is 5.11. The molecule has 0 radical (unpaired) electrons. The Labute approximate surface area is 171 Å². The fraction of sp³-hybridized carbons (Fsp3) is 0.190. The van der Waals surface area contributed by atoms with Gasteiger partial charge in [-0.2, -0.15) is 0 Å². The first-order valence-electron chi connectivity index (χ1n) is 9.09. The quantitative estimate of drug-likeness (QED) is 0.283. The first kappa shape index (κ1) is 19.3. The van der Waals surface area contributed by atoms with Gasteiger partial charge in [0.1, 0.15) is 17.9 Å². The number of methoxy groups -OCH3 is 2. The van der Waals surface area contributed by atoms with Crippen LogP contribution in [0.5, 0.6) is 5.75 Å². The third-order valence-corrected chi connectivity index (χ3v) is 5.11. The fourth-order valence-electron chi connectivity index (χ4n) is 3.62. The smallest absolute Gasteiger partial charge is 0.310 e. The number of aromatic nitrogens is 3. The predicted molar refractivity (Wildman–Crippen MR) is 110 cm³/mol. The Hall–Kier alpha value is -4.01. The summed E-state index contributed by atoms with van der Waals surface area (Å²) in [6.07, 6.45) is 1.46. The Balaban J connectivity index is 2.02. The van der Waals surface area contributed by atoms with Crippen LogP contribution < -0.4 is 4.74 Å². The Morgan fingerprint density at radius 1 is 1.13 bits per heavy atom. The van der Waals surface area contributed by atoms with Crippen LogP contribution in [0.1, 0.15) is 11.3 Å². The standard InChI is InChI=1S/C21H18N4O5/c1-12-16(10-20(26)30-3)17-9-14(29-2)5-7-19(17)24(12)21-15-6-4-13(25(27)28)8-18(15)22-11-23-21/h4-9,11H,10H2,1-3H3. The lowest BCUT2D eigenvalue weighted by Crippen LogP contribution is -2.07. The highest BCUT2D eigenvalue weighted by Crippen LogP contribution is 2.34. The molecule has 152 valence electrons. The minimum absolute atomic E-state index is 0.0441. The molecule has 0 aliphatic rings. The number of carbonyl (C=O) groups is 1. The van der Waals surface area contributed by atoms with E-state index >= 15 is 0 Å². The zero-order chi connectivity index (χ0) is 21.4. The molecule has 4 rings (SSSR count). The van der Waals surface area contributed by atoms with Gasteiger partial charge in [-0.25, -0.2) is 9.97 Å². The number of ether oxygens (including phenoxy) is 2. The van der Waals surface area contributed by atoms with E-state index in [0.29, 0.717) is 22.5 Å². The van der Waals surface area contributed by atoms with E-state index in [1.54, 1.807) is 13.2 Å². The minimum Gasteiger partial charge on any atom is -0.497 e. The lowest BCUT2D eigenvalue weighted by molar-refractivity contribution is -0.384. The minimum atomic E-state index is -0.460. The fourth-order valence-corrected chi connectivity index (χ4v) is 3.62. The number of hydrogen-bond donors (Lipinski definition) is 0. The zero-order valence-electron chi connectivity index (χ0n) is 16.6. The molecule has 0 fully saturated rings. The maximum atomic E-state index is 12.0. The molecule has 0 saturated heterocycles. The SMILES string of the molecule is COC(=O)Cc1c(C)n(-c2ncnc3cc([N+](=O)[O-])ccc23)c2ccc(OC)cc12. The van der Waals surface area contributed by atoms with Crippen LogP contribution in [0, 0.1) is 17.0 Å². The van der Waals surface area contributed by atoms with Gasteiger partial charge in [0, 0.05) is 28.6 Å². The number of carbonyl (C=O) groups excluding carboxylic acids is 1. The molecule has 0 unspecified atom stereocenters. The number of hydrogen-bond acceptors (Lipinski definition) is 7. The molecule has 4 aromatic rings. The molecule has 9 nitrogen and oxygen atoms in total. The first-order valence-corrected chi connectivity index (χ1v) is 9.09. The molecule has 0 aliphatic carbocycles. The summed E-state index contributed by atoms with van der Waals surface area (Å²) in [6.45, 7) is 1.89. The molecule has 0 amide bonds. The molecule has 2 heterocycles. The van der Waals surface area contributed by atoms with Crippen molar-refractivity contribution in [3.05, 3.63) is 64.1 Å². The van der Waals surface area contributed by atoms with Crippen LogP contribution in [0.15, 0.2) is 42.7 Å². The van der Waals surface area contributed by atoms with Crippen LogP contribution in [0.4, 0.5) is 5.69 Å². The van der Waals surface area contributed by atoms with Crippen LogP contribution in [0.3, 0.4) is 0 Å². The highest BCUT2D eigenvalue weighted by Gasteiger charge is 2.21. The number of rotatable bonds is 5. The van der Waals surface area contributed by atoms with Gasteiger partial charge in [-0.05, 0) is 36.8 Å². The molecular formula is C21H18N4O5. The summed E-state index contributed by atoms with van der Waals surface area (Å²) in [6, 6.07) is 10.1. The number of non-ortho nitro benzene ring substituents is 1. The second kappa shape index (κ2) is 7.43. The number of nitrogens with zero attached hydrogens (tertiary/aromatic N) is 4. The van der Waals surface area contributed by atoms with E-state index < -0.39 is 4.92 Å². The van der Waals surface area contributed by atoms with Crippen molar-refractivity contribution in [3.8, 4) is 11.6 Å². The first-order chi connectivity index (χ1) is 14.4. The van der Waals surface area contributed by atoms with Gasteiger partial charge >= 0.3 is 5.97 Å². The summed E-state index contributed by atoms with van der Waals surface area (Å²) in [4.78, 5) is 31.3. The van der Waals surface area contributed by atoms with Crippen molar-refractivity contribution in [2.75, 3.05) is 14.2 Å². The number of benzene rings is 2.